The van der Waals surface area contributed by atoms with Gasteiger partial charge < -0.3 is 14.5 Å². The molecule has 184 valence electrons. The Kier molecular flexibility index (Phi) is 7.69. The maximum atomic E-state index is 12.5. The molecule has 2 aliphatic rings. The second-order valence-electron chi connectivity index (χ2n) is 9.68. The number of piperazine rings is 1. The first-order valence-corrected chi connectivity index (χ1v) is 13.7. The number of benzene rings is 2. The summed E-state index contributed by atoms with van der Waals surface area (Å²) in [6, 6.07) is 21.0. The highest BCUT2D eigenvalue weighted by molar-refractivity contribution is 7.10. The Labute approximate surface area is 212 Å². The third-order valence-corrected chi connectivity index (χ3v) is 8.07. The van der Waals surface area contributed by atoms with Gasteiger partial charge in [-0.05, 0) is 61.0 Å². The van der Waals surface area contributed by atoms with Gasteiger partial charge in [0, 0.05) is 56.6 Å². The molecule has 0 radical (unpaired) electrons. The summed E-state index contributed by atoms with van der Waals surface area (Å²) in [5, 5.41) is 2.24. The van der Waals surface area contributed by atoms with Gasteiger partial charge in [-0.15, -0.1) is 11.3 Å². The monoisotopic (exact) mass is 489 g/mol. The van der Waals surface area contributed by atoms with Crippen LogP contribution in [0.15, 0.2) is 66.0 Å². The molecule has 5 nitrogen and oxygen atoms in total. The molecular weight excluding hydrogens is 454 g/mol. The number of anilines is 1. The molecule has 2 saturated heterocycles. The summed E-state index contributed by atoms with van der Waals surface area (Å²) in [5.41, 5.74) is 2.43. The van der Waals surface area contributed by atoms with E-state index in [0.29, 0.717) is 18.4 Å². The number of hydrogen-bond acceptors (Lipinski definition) is 5. The highest BCUT2D eigenvalue weighted by Gasteiger charge is 2.24. The summed E-state index contributed by atoms with van der Waals surface area (Å²) in [6.45, 7) is 7.93. The van der Waals surface area contributed by atoms with E-state index in [0.717, 1.165) is 75.7 Å². The Hall–Kier alpha value is -2.83. The van der Waals surface area contributed by atoms with Crippen molar-refractivity contribution in [2.45, 2.75) is 51.7 Å². The van der Waals surface area contributed by atoms with Crippen LogP contribution < -0.4 is 9.64 Å². The Bertz CT molecular complexity index is 1110. The third-order valence-electron chi connectivity index (χ3n) is 7.10. The maximum absolute atomic E-state index is 12.5. The molecule has 3 heterocycles. The van der Waals surface area contributed by atoms with Gasteiger partial charge in [0.2, 0.25) is 5.91 Å². The Morgan fingerprint density at radius 2 is 1.71 bits per heavy atom. The zero-order chi connectivity index (χ0) is 24.0. The number of thiophene rings is 1. The van der Waals surface area contributed by atoms with Crippen LogP contribution in [-0.4, -0.2) is 47.9 Å². The molecule has 0 bridgehead atoms. The summed E-state index contributed by atoms with van der Waals surface area (Å²) in [7, 11) is 0. The lowest BCUT2D eigenvalue weighted by Crippen LogP contribution is -2.45. The van der Waals surface area contributed by atoms with E-state index in [2.05, 4.69) is 51.3 Å². The van der Waals surface area contributed by atoms with Crippen molar-refractivity contribution < 1.29 is 9.53 Å². The molecule has 0 aliphatic carbocycles. The summed E-state index contributed by atoms with van der Waals surface area (Å²) >= 11 is 1.83. The zero-order valence-corrected chi connectivity index (χ0v) is 21.4. The number of hydrogen-bond donors (Lipinski definition) is 0. The molecular formula is C29H35N3O2S. The number of rotatable bonds is 7. The fourth-order valence-corrected chi connectivity index (χ4v) is 6.00. The fourth-order valence-electron chi connectivity index (χ4n) is 5.08. The van der Waals surface area contributed by atoms with E-state index in [4.69, 9.17) is 4.74 Å². The molecule has 1 unspecified atom stereocenters. The molecule has 1 amide bonds. The minimum absolute atomic E-state index is 0.315. The summed E-state index contributed by atoms with van der Waals surface area (Å²) in [4.78, 5) is 21.0. The molecule has 1 atom stereocenters. The third kappa shape index (κ3) is 6.06. The van der Waals surface area contributed by atoms with E-state index in [1.54, 1.807) is 0 Å². The number of carbonyl (C=O) groups is 1. The minimum atomic E-state index is 0.315. The number of carbonyl (C=O) groups excluding carboxylic acids is 1. The van der Waals surface area contributed by atoms with E-state index in [1.165, 1.54) is 10.4 Å². The molecule has 1 aromatic heterocycles. The molecule has 2 aliphatic heterocycles. The van der Waals surface area contributed by atoms with Crippen LogP contribution in [0, 0.1) is 0 Å². The summed E-state index contributed by atoms with van der Waals surface area (Å²) in [6.07, 6.45) is 4.01. The van der Waals surface area contributed by atoms with Gasteiger partial charge in [-0.3, -0.25) is 9.69 Å². The molecule has 0 saturated carbocycles. The average molecular weight is 490 g/mol. The second kappa shape index (κ2) is 11.3. The maximum Gasteiger partial charge on any atom is 0.223 e. The minimum Gasteiger partial charge on any atom is -0.455 e. The van der Waals surface area contributed by atoms with E-state index < -0.39 is 0 Å². The highest BCUT2D eigenvalue weighted by Crippen LogP contribution is 2.33. The Morgan fingerprint density at radius 1 is 0.943 bits per heavy atom. The Morgan fingerprint density at radius 3 is 2.54 bits per heavy atom. The summed E-state index contributed by atoms with van der Waals surface area (Å²) < 4.78 is 6.19. The van der Waals surface area contributed by atoms with Crippen molar-refractivity contribution in [2.24, 2.45) is 0 Å². The van der Waals surface area contributed by atoms with Gasteiger partial charge in [0.15, 0.2) is 5.75 Å². The van der Waals surface area contributed by atoms with E-state index in [9.17, 15) is 4.79 Å². The van der Waals surface area contributed by atoms with Gasteiger partial charge in [0.25, 0.3) is 0 Å². The molecule has 0 spiro atoms. The fraction of sp³-hybridized carbons (Fsp3) is 0.414. The second-order valence-corrected chi connectivity index (χ2v) is 10.7. The average Bonchev–Trinajstić information content (AvgIpc) is 3.26. The van der Waals surface area contributed by atoms with Gasteiger partial charge in [-0.25, -0.2) is 0 Å². The van der Waals surface area contributed by atoms with Crippen LogP contribution in [0.25, 0.3) is 0 Å². The number of ether oxygens (including phenoxy) is 1. The van der Waals surface area contributed by atoms with Gasteiger partial charge in [-0.2, -0.15) is 0 Å². The van der Waals surface area contributed by atoms with Crippen LogP contribution in [0.2, 0.25) is 0 Å². The lowest BCUT2D eigenvalue weighted by molar-refractivity contribution is -0.133. The number of likely N-dealkylation sites (tertiary alicyclic amines) is 1. The lowest BCUT2D eigenvalue weighted by Gasteiger charge is -2.36. The van der Waals surface area contributed by atoms with Gasteiger partial charge in [0.1, 0.15) is 5.75 Å². The Balaban J connectivity index is 1.16. The molecule has 2 aromatic carbocycles. The molecule has 5 rings (SSSR count). The first-order chi connectivity index (χ1) is 17.2. The van der Waals surface area contributed by atoms with Crippen LogP contribution in [0.5, 0.6) is 11.5 Å². The van der Waals surface area contributed by atoms with Crippen molar-refractivity contribution in [1.29, 1.82) is 0 Å². The smallest absolute Gasteiger partial charge is 0.223 e. The number of amides is 1. The van der Waals surface area contributed by atoms with Crippen molar-refractivity contribution in [3.8, 4) is 11.5 Å². The lowest BCUT2D eigenvalue weighted by atomic mass is 10.1. The van der Waals surface area contributed by atoms with Crippen molar-refractivity contribution in [2.75, 3.05) is 31.1 Å². The van der Waals surface area contributed by atoms with Crippen molar-refractivity contribution >= 4 is 22.9 Å². The van der Waals surface area contributed by atoms with Crippen LogP contribution in [0.3, 0.4) is 0 Å². The molecule has 2 fully saturated rings. The first-order valence-electron chi connectivity index (χ1n) is 12.8. The summed E-state index contributed by atoms with van der Waals surface area (Å²) in [5.74, 6) is 2.09. The van der Waals surface area contributed by atoms with Crippen molar-refractivity contribution in [3.63, 3.8) is 0 Å². The van der Waals surface area contributed by atoms with Crippen LogP contribution in [-0.2, 0) is 17.9 Å². The molecule has 35 heavy (non-hydrogen) atoms. The standard InChI is InChI=1S/C29H35N3O2S/c1-23-9-5-8-14-29(33)32(23)20-24-19-26(35-22-24)21-30-15-17-31(18-16-30)27-12-6-7-13-28(27)34-25-10-3-2-4-11-25/h2-4,6-7,10-13,19,22-23H,5,8-9,14-18,20-21H2,1H3. The largest absolute Gasteiger partial charge is 0.455 e. The number of nitrogens with zero attached hydrogens (tertiary/aromatic N) is 3. The van der Waals surface area contributed by atoms with E-state index in [1.807, 2.05) is 47.7 Å². The van der Waals surface area contributed by atoms with E-state index >= 15 is 0 Å². The first kappa shape index (κ1) is 23.9. The van der Waals surface area contributed by atoms with E-state index in [-0.39, 0.29) is 0 Å². The number of para-hydroxylation sites is 3. The topological polar surface area (TPSA) is 36.0 Å². The van der Waals surface area contributed by atoms with Gasteiger partial charge >= 0.3 is 0 Å². The normalized spacial score (nSPS) is 19.6. The highest BCUT2D eigenvalue weighted by atomic mass is 32.1. The predicted octanol–water partition coefficient (Wildman–Crippen LogP) is 6.15. The molecule has 0 N–H and O–H groups in total. The van der Waals surface area contributed by atoms with Crippen molar-refractivity contribution in [3.05, 3.63) is 76.5 Å². The quantitative estimate of drug-likeness (QED) is 0.399. The molecule has 6 heteroatoms. The van der Waals surface area contributed by atoms with Gasteiger partial charge in [0.05, 0.1) is 5.69 Å². The predicted molar refractivity (Wildman–Crippen MR) is 143 cm³/mol. The zero-order valence-electron chi connectivity index (χ0n) is 20.6. The van der Waals surface area contributed by atoms with Crippen LogP contribution in [0.1, 0.15) is 43.0 Å². The van der Waals surface area contributed by atoms with Crippen molar-refractivity contribution in [1.82, 2.24) is 9.80 Å². The molecule has 3 aromatic rings. The van der Waals surface area contributed by atoms with Gasteiger partial charge in [-0.1, -0.05) is 36.8 Å². The van der Waals surface area contributed by atoms with Crippen LogP contribution >= 0.6 is 11.3 Å². The van der Waals surface area contributed by atoms with Crippen LogP contribution in [0.4, 0.5) is 5.69 Å². The SMILES string of the molecule is CC1CCCCC(=O)N1Cc1csc(CN2CCN(c3ccccc3Oc3ccccc3)CC2)c1.